The Morgan fingerprint density at radius 2 is 2.11 bits per heavy atom. The highest BCUT2D eigenvalue weighted by molar-refractivity contribution is 5.95. The van der Waals surface area contributed by atoms with Gasteiger partial charge in [-0.15, -0.1) is 0 Å². The number of rotatable bonds is 3. The molecule has 0 spiro atoms. The number of nitrogens with one attached hydrogen (secondary N) is 2. The predicted octanol–water partition coefficient (Wildman–Crippen LogP) is 2.55. The van der Waals surface area contributed by atoms with Crippen LogP contribution in [0.3, 0.4) is 0 Å². The Bertz CT molecular complexity index is 580. The minimum Gasteiger partial charge on any atom is -0.327 e. The second-order valence-corrected chi connectivity index (χ2v) is 5.97. The van der Waals surface area contributed by atoms with E-state index in [-0.39, 0.29) is 28.7 Å². The number of hydrogen-bond acceptors (Lipinski definition) is 2. The summed E-state index contributed by atoms with van der Waals surface area (Å²) in [5, 5.41) is 2.72. The van der Waals surface area contributed by atoms with Crippen LogP contribution in [0.4, 0.5) is 5.69 Å². The van der Waals surface area contributed by atoms with Crippen molar-refractivity contribution in [2.24, 2.45) is 17.3 Å². The van der Waals surface area contributed by atoms with Crippen LogP contribution in [-0.2, 0) is 4.79 Å². The van der Waals surface area contributed by atoms with Gasteiger partial charge in [-0.05, 0) is 37.3 Å². The number of carbonyl (C=O) groups excluding carboxylic acids is 1. The molecule has 2 N–H and O–H groups in total. The maximum absolute atomic E-state index is 12.2. The normalized spacial score (nSPS) is 23.6. The molecule has 0 radical (unpaired) electrons. The van der Waals surface area contributed by atoms with Crippen molar-refractivity contribution in [2.75, 3.05) is 5.32 Å². The molecule has 0 bridgehead atoms. The fraction of sp³-hybridized carbons (Fsp3) is 0.467. The third-order valence-corrected chi connectivity index (χ3v) is 3.78. The molecule has 0 unspecified atom stereocenters. The fourth-order valence-corrected chi connectivity index (χ4v) is 2.58. The second kappa shape index (κ2) is 4.68. The van der Waals surface area contributed by atoms with Crippen LogP contribution in [0.15, 0.2) is 34.8 Å². The van der Waals surface area contributed by atoms with E-state index in [1.165, 1.54) is 5.57 Å². The molecule has 0 aromatic carbocycles. The van der Waals surface area contributed by atoms with Gasteiger partial charge in [0.25, 0.3) is 5.56 Å². The monoisotopic (exact) mass is 260 g/mol. The summed E-state index contributed by atoms with van der Waals surface area (Å²) in [6.07, 6.45) is 3.69. The number of H-pyrrole nitrogens is 1. The van der Waals surface area contributed by atoms with Gasteiger partial charge in [0.2, 0.25) is 5.91 Å². The Labute approximate surface area is 112 Å². The molecular formula is C15H20N2O2. The van der Waals surface area contributed by atoms with Crippen molar-refractivity contribution in [3.05, 3.63) is 40.3 Å². The van der Waals surface area contributed by atoms with Crippen molar-refractivity contribution in [1.29, 1.82) is 0 Å². The van der Waals surface area contributed by atoms with Gasteiger partial charge in [-0.1, -0.05) is 25.5 Å². The molecular weight excluding hydrogens is 240 g/mol. The summed E-state index contributed by atoms with van der Waals surface area (Å²) in [7, 11) is 0. The number of aromatic amines is 1. The fourth-order valence-electron chi connectivity index (χ4n) is 2.58. The number of pyridine rings is 1. The molecule has 4 heteroatoms. The van der Waals surface area contributed by atoms with Crippen LogP contribution >= 0.6 is 0 Å². The van der Waals surface area contributed by atoms with Gasteiger partial charge in [0.1, 0.15) is 5.69 Å². The molecule has 1 aromatic heterocycles. The third kappa shape index (κ3) is 2.62. The maximum Gasteiger partial charge on any atom is 0.271 e. The highest BCUT2D eigenvalue weighted by Gasteiger charge is 2.60. The van der Waals surface area contributed by atoms with E-state index in [1.807, 2.05) is 13.8 Å². The lowest BCUT2D eigenvalue weighted by Gasteiger charge is -2.04. The molecule has 1 amide bonds. The van der Waals surface area contributed by atoms with Gasteiger partial charge in [-0.25, -0.2) is 0 Å². The highest BCUT2D eigenvalue weighted by atomic mass is 16.2. The molecule has 0 aliphatic heterocycles. The van der Waals surface area contributed by atoms with E-state index in [4.69, 9.17) is 0 Å². The molecule has 4 nitrogen and oxygen atoms in total. The SMILES string of the molecule is CC(C)=C[C@H]1[C@@H](C(=O)Nc2ccc[nH]c2=O)C1(C)C. The number of amides is 1. The van der Waals surface area contributed by atoms with Crippen molar-refractivity contribution < 1.29 is 4.79 Å². The van der Waals surface area contributed by atoms with E-state index in [9.17, 15) is 9.59 Å². The highest BCUT2D eigenvalue weighted by Crippen LogP contribution is 2.59. The molecule has 2 atom stereocenters. The lowest BCUT2D eigenvalue weighted by Crippen LogP contribution is -2.22. The van der Waals surface area contributed by atoms with Crippen LogP contribution in [0.25, 0.3) is 0 Å². The zero-order valence-corrected chi connectivity index (χ0v) is 11.8. The summed E-state index contributed by atoms with van der Waals surface area (Å²) in [6, 6.07) is 3.31. The molecule has 1 aliphatic rings. The first-order valence-electron chi connectivity index (χ1n) is 6.47. The minimum absolute atomic E-state index is 0.0388. The van der Waals surface area contributed by atoms with Gasteiger partial charge >= 0.3 is 0 Å². The average Bonchev–Trinajstić information content (AvgIpc) is 2.82. The maximum atomic E-state index is 12.2. The molecule has 0 saturated heterocycles. The summed E-state index contributed by atoms with van der Waals surface area (Å²) >= 11 is 0. The molecule has 1 aliphatic carbocycles. The van der Waals surface area contributed by atoms with Gasteiger partial charge in [0.15, 0.2) is 0 Å². The summed E-state index contributed by atoms with van der Waals surface area (Å²) in [5.74, 6) is 0.103. The lowest BCUT2D eigenvalue weighted by molar-refractivity contribution is -0.118. The van der Waals surface area contributed by atoms with E-state index in [0.29, 0.717) is 5.69 Å². The van der Waals surface area contributed by atoms with Crippen molar-refractivity contribution in [2.45, 2.75) is 27.7 Å². The summed E-state index contributed by atoms with van der Waals surface area (Å²) < 4.78 is 0. The standard InChI is InChI=1S/C15H20N2O2/c1-9(2)8-10-12(15(10,3)4)14(19)17-11-6-5-7-16-13(11)18/h5-8,10,12H,1-4H3,(H,16,18)(H,17,19)/t10-,12-/m0/s1. The number of anilines is 1. The molecule has 102 valence electrons. The van der Waals surface area contributed by atoms with Crippen molar-refractivity contribution in [3.8, 4) is 0 Å². The molecule has 2 rings (SSSR count). The van der Waals surface area contributed by atoms with Gasteiger partial charge in [0, 0.05) is 6.20 Å². The van der Waals surface area contributed by atoms with E-state index in [0.717, 1.165) is 0 Å². The van der Waals surface area contributed by atoms with Gasteiger partial charge in [0.05, 0.1) is 5.92 Å². The van der Waals surface area contributed by atoms with Crippen molar-refractivity contribution >= 4 is 11.6 Å². The molecule has 1 fully saturated rings. The molecule has 19 heavy (non-hydrogen) atoms. The van der Waals surface area contributed by atoms with E-state index in [1.54, 1.807) is 18.3 Å². The first kappa shape index (κ1) is 13.6. The van der Waals surface area contributed by atoms with Gasteiger partial charge < -0.3 is 10.3 Å². The largest absolute Gasteiger partial charge is 0.327 e. The average molecular weight is 260 g/mol. The lowest BCUT2D eigenvalue weighted by atomic mass is 10.1. The van der Waals surface area contributed by atoms with Crippen LogP contribution in [0.2, 0.25) is 0 Å². The Kier molecular flexibility index (Phi) is 3.35. The first-order valence-corrected chi connectivity index (χ1v) is 6.47. The molecule has 1 saturated carbocycles. The Morgan fingerprint density at radius 3 is 2.68 bits per heavy atom. The Morgan fingerprint density at radius 1 is 1.42 bits per heavy atom. The zero-order chi connectivity index (χ0) is 14.2. The molecule has 1 aromatic rings. The predicted molar refractivity (Wildman–Crippen MR) is 75.9 cm³/mol. The Hall–Kier alpha value is -1.84. The van der Waals surface area contributed by atoms with Crippen LogP contribution < -0.4 is 10.9 Å². The zero-order valence-electron chi connectivity index (χ0n) is 11.8. The first-order chi connectivity index (χ1) is 8.84. The second-order valence-electron chi connectivity index (χ2n) is 5.97. The summed E-state index contributed by atoms with van der Waals surface area (Å²) in [6.45, 7) is 8.23. The van der Waals surface area contributed by atoms with Crippen molar-refractivity contribution in [3.63, 3.8) is 0 Å². The number of aromatic nitrogens is 1. The quantitative estimate of drug-likeness (QED) is 0.820. The van der Waals surface area contributed by atoms with E-state index in [2.05, 4.69) is 30.2 Å². The van der Waals surface area contributed by atoms with Crippen LogP contribution in [-0.4, -0.2) is 10.9 Å². The number of hydrogen-bond donors (Lipinski definition) is 2. The van der Waals surface area contributed by atoms with Crippen LogP contribution in [0, 0.1) is 17.3 Å². The van der Waals surface area contributed by atoms with Gasteiger partial charge in [-0.3, -0.25) is 9.59 Å². The van der Waals surface area contributed by atoms with Crippen molar-refractivity contribution in [1.82, 2.24) is 4.98 Å². The smallest absolute Gasteiger partial charge is 0.271 e. The van der Waals surface area contributed by atoms with Gasteiger partial charge in [-0.2, -0.15) is 0 Å². The number of carbonyl (C=O) groups is 1. The van der Waals surface area contributed by atoms with Crippen LogP contribution in [0.5, 0.6) is 0 Å². The topological polar surface area (TPSA) is 62.0 Å². The summed E-state index contributed by atoms with van der Waals surface area (Å²) in [4.78, 5) is 26.3. The molecule has 1 heterocycles. The third-order valence-electron chi connectivity index (χ3n) is 3.78. The Balaban J connectivity index is 2.13. The minimum atomic E-state index is -0.270. The van der Waals surface area contributed by atoms with E-state index < -0.39 is 0 Å². The van der Waals surface area contributed by atoms with E-state index >= 15 is 0 Å². The van der Waals surface area contributed by atoms with Crippen LogP contribution in [0.1, 0.15) is 27.7 Å². The summed E-state index contributed by atoms with van der Waals surface area (Å²) in [5.41, 5.74) is 1.22. The number of allylic oxidation sites excluding steroid dienone is 2.